The standard InChI is InChI=1S/C24H26N8/c1-17-22(25-2)29-24(32-13-11-31(12-14-32)21-9-5-6-10-26-21)30-23(17)28-19-15-18-7-3-4-8-20(18)27-16-19/h3-10,15-16H,11-14H2,1-2H3,(H2,25,28,29,30). The minimum atomic E-state index is 0.719. The molecule has 0 saturated carbocycles. The molecule has 0 aliphatic carbocycles. The van der Waals surface area contributed by atoms with Crippen LogP contribution >= 0.6 is 0 Å². The number of para-hydroxylation sites is 1. The van der Waals surface area contributed by atoms with Gasteiger partial charge in [-0.25, -0.2) is 4.98 Å². The van der Waals surface area contributed by atoms with E-state index in [0.29, 0.717) is 0 Å². The number of rotatable bonds is 5. The van der Waals surface area contributed by atoms with Gasteiger partial charge in [0.05, 0.1) is 17.4 Å². The van der Waals surface area contributed by atoms with Crippen LogP contribution in [-0.2, 0) is 0 Å². The molecule has 4 heterocycles. The third kappa shape index (κ3) is 3.99. The third-order valence-electron chi connectivity index (χ3n) is 5.76. The molecule has 0 amide bonds. The topological polar surface area (TPSA) is 82.1 Å². The van der Waals surface area contributed by atoms with E-state index in [1.54, 1.807) is 0 Å². The van der Waals surface area contributed by atoms with Crippen LogP contribution in [0.15, 0.2) is 60.9 Å². The Balaban J connectivity index is 1.38. The summed E-state index contributed by atoms with van der Waals surface area (Å²) in [7, 11) is 1.89. The van der Waals surface area contributed by atoms with Crippen molar-refractivity contribution in [2.45, 2.75) is 6.92 Å². The van der Waals surface area contributed by atoms with Crippen molar-refractivity contribution in [2.24, 2.45) is 0 Å². The molecule has 3 aromatic heterocycles. The Morgan fingerprint density at radius 1 is 0.844 bits per heavy atom. The Kier molecular flexibility index (Phi) is 5.41. The first-order chi connectivity index (χ1) is 15.7. The van der Waals surface area contributed by atoms with E-state index in [-0.39, 0.29) is 0 Å². The molecule has 4 aromatic rings. The van der Waals surface area contributed by atoms with Crippen LogP contribution in [0.5, 0.6) is 0 Å². The van der Waals surface area contributed by atoms with Crippen LogP contribution < -0.4 is 20.4 Å². The summed E-state index contributed by atoms with van der Waals surface area (Å²) in [6, 6.07) is 16.2. The van der Waals surface area contributed by atoms with E-state index in [1.807, 2.05) is 56.7 Å². The zero-order valence-electron chi connectivity index (χ0n) is 18.3. The molecule has 32 heavy (non-hydrogen) atoms. The maximum absolute atomic E-state index is 4.88. The Bertz CT molecular complexity index is 1220. The van der Waals surface area contributed by atoms with Crippen molar-refractivity contribution in [2.75, 3.05) is 53.7 Å². The largest absolute Gasteiger partial charge is 0.373 e. The number of piperazine rings is 1. The van der Waals surface area contributed by atoms with Crippen LogP contribution in [0.1, 0.15) is 5.56 Å². The number of benzene rings is 1. The van der Waals surface area contributed by atoms with Gasteiger partial charge in [-0.3, -0.25) is 4.98 Å². The highest BCUT2D eigenvalue weighted by Gasteiger charge is 2.22. The van der Waals surface area contributed by atoms with Gasteiger partial charge in [-0.15, -0.1) is 0 Å². The lowest BCUT2D eigenvalue weighted by molar-refractivity contribution is 0.635. The molecule has 1 fully saturated rings. The highest BCUT2D eigenvalue weighted by molar-refractivity contribution is 5.82. The van der Waals surface area contributed by atoms with Crippen LogP contribution in [0.3, 0.4) is 0 Å². The first-order valence-electron chi connectivity index (χ1n) is 10.8. The fourth-order valence-electron chi connectivity index (χ4n) is 3.96. The Labute approximate surface area is 187 Å². The molecule has 1 aliphatic heterocycles. The summed E-state index contributed by atoms with van der Waals surface area (Å²) in [6.07, 6.45) is 3.68. The van der Waals surface area contributed by atoms with Crippen molar-refractivity contribution in [3.8, 4) is 0 Å². The fraction of sp³-hybridized carbons (Fsp3) is 0.250. The average Bonchev–Trinajstić information content (AvgIpc) is 2.86. The number of aromatic nitrogens is 4. The van der Waals surface area contributed by atoms with Gasteiger partial charge in [0.2, 0.25) is 5.95 Å². The van der Waals surface area contributed by atoms with Gasteiger partial charge in [-0.1, -0.05) is 24.3 Å². The Morgan fingerprint density at radius 2 is 1.59 bits per heavy atom. The summed E-state index contributed by atoms with van der Waals surface area (Å²) in [5.41, 5.74) is 2.84. The van der Waals surface area contributed by atoms with Crippen molar-refractivity contribution < 1.29 is 0 Å². The molecule has 2 N–H and O–H groups in total. The number of nitrogens with zero attached hydrogens (tertiary/aromatic N) is 6. The zero-order chi connectivity index (χ0) is 21.9. The summed E-state index contributed by atoms with van der Waals surface area (Å²) in [6.45, 7) is 5.44. The van der Waals surface area contributed by atoms with E-state index in [9.17, 15) is 0 Å². The molecule has 5 rings (SSSR count). The van der Waals surface area contributed by atoms with Crippen LogP contribution in [0, 0.1) is 6.92 Å². The van der Waals surface area contributed by atoms with Crippen LogP contribution in [0.4, 0.5) is 29.1 Å². The lowest BCUT2D eigenvalue weighted by Crippen LogP contribution is -2.47. The molecule has 8 nitrogen and oxygen atoms in total. The van der Waals surface area contributed by atoms with Gasteiger partial charge in [-0.05, 0) is 31.2 Å². The average molecular weight is 427 g/mol. The summed E-state index contributed by atoms with van der Waals surface area (Å²) in [5.74, 6) is 3.33. The first kappa shape index (κ1) is 20.0. The fourth-order valence-corrected chi connectivity index (χ4v) is 3.96. The second-order valence-electron chi connectivity index (χ2n) is 7.80. The predicted molar refractivity (Wildman–Crippen MR) is 130 cm³/mol. The molecule has 1 aromatic carbocycles. The summed E-state index contributed by atoms with van der Waals surface area (Å²) in [5, 5.41) is 7.75. The number of hydrogen-bond acceptors (Lipinski definition) is 8. The zero-order valence-corrected chi connectivity index (χ0v) is 18.3. The molecule has 0 unspecified atom stereocenters. The van der Waals surface area contributed by atoms with Crippen molar-refractivity contribution in [1.29, 1.82) is 0 Å². The van der Waals surface area contributed by atoms with E-state index >= 15 is 0 Å². The minimum Gasteiger partial charge on any atom is -0.373 e. The van der Waals surface area contributed by atoms with E-state index in [4.69, 9.17) is 9.97 Å². The maximum atomic E-state index is 4.88. The van der Waals surface area contributed by atoms with Gasteiger partial charge < -0.3 is 20.4 Å². The predicted octanol–water partition coefficient (Wildman–Crippen LogP) is 3.84. The maximum Gasteiger partial charge on any atom is 0.229 e. The molecule has 0 spiro atoms. The minimum absolute atomic E-state index is 0.719. The van der Waals surface area contributed by atoms with Gasteiger partial charge in [0, 0.05) is 50.4 Å². The smallest absolute Gasteiger partial charge is 0.229 e. The second-order valence-corrected chi connectivity index (χ2v) is 7.80. The number of fused-ring (bicyclic) bond motifs is 1. The number of hydrogen-bond donors (Lipinski definition) is 2. The van der Waals surface area contributed by atoms with Gasteiger partial charge in [0.25, 0.3) is 0 Å². The Hall–Kier alpha value is -3.94. The number of anilines is 5. The summed E-state index contributed by atoms with van der Waals surface area (Å²) >= 11 is 0. The van der Waals surface area contributed by atoms with Crippen molar-refractivity contribution in [3.63, 3.8) is 0 Å². The first-order valence-corrected chi connectivity index (χ1v) is 10.8. The quantitative estimate of drug-likeness (QED) is 0.498. The molecule has 0 bridgehead atoms. The normalized spacial score (nSPS) is 13.9. The van der Waals surface area contributed by atoms with Gasteiger partial charge in [-0.2, -0.15) is 9.97 Å². The second kappa shape index (κ2) is 8.66. The van der Waals surface area contributed by atoms with E-state index in [2.05, 4.69) is 48.6 Å². The summed E-state index contributed by atoms with van der Waals surface area (Å²) < 4.78 is 0. The summed E-state index contributed by atoms with van der Waals surface area (Å²) in [4.78, 5) is 23.2. The number of pyridine rings is 2. The van der Waals surface area contributed by atoms with Crippen LogP contribution in [0.2, 0.25) is 0 Å². The molecular formula is C24H26N8. The lowest BCUT2D eigenvalue weighted by Gasteiger charge is -2.35. The van der Waals surface area contributed by atoms with Crippen LogP contribution in [-0.4, -0.2) is 53.2 Å². The molecule has 1 saturated heterocycles. The molecule has 0 atom stereocenters. The highest BCUT2D eigenvalue weighted by Crippen LogP contribution is 2.28. The monoisotopic (exact) mass is 426 g/mol. The Morgan fingerprint density at radius 3 is 2.38 bits per heavy atom. The van der Waals surface area contributed by atoms with Gasteiger partial charge >= 0.3 is 0 Å². The SMILES string of the molecule is CNc1nc(N2CCN(c3ccccn3)CC2)nc(Nc2cnc3ccccc3c2)c1C. The molecule has 0 radical (unpaired) electrons. The van der Waals surface area contributed by atoms with E-state index < -0.39 is 0 Å². The molecular weight excluding hydrogens is 400 g/mol. The van der Waals surface area contributed by atoms with Gasteiger partial charge in [0.1, 0.15) is 17.5 Å². The lowest BCUT2D eigenvalue weighted by atomic mass is 10.2. The third-order valence-corrected chi connectivity index (χ3v) is 5.76. The van der Waals surface area contributed by atoms with Crippen molar-refractivity contribution in [1.82, 2.24) is 19.9 Å². The van der Waals surface area contributed by atoms with Gasteiger partial charge in [0.15, 0.2) is 0 Å². The van der Waals surface area contributed by atoms with E-state index in [0.717, 1.165) is 71.7 Å². The van der Waals surface area contributed by atoms with E-state index in [1.165, 1.54) is 0 Å². The molecule has 1 aliphatic rings. The molecule has 8 heteroatoms. The van der Waals surface area contributed by atoms with Crippen LogP contribution in [0.25, 0.3) is 10.9 Å². The highest BCUT2D eigenvalue weighted by atomic mass is 15.3. The molecule has 162 valence electrons. The number of nitrogens with one attached hydrogen (secondary N) is 2. The van der Waals surface area contributed by atoms with Crippen molar-refractivity contribution in [3.05, 3.63) is 66.5 Å². The van der Waals surface area contributed by atoms with Crippen molar-refractivity contribution >= 4 is 40.0 Å².